The molecule has 162 valence electrons. The van der Waals surface area contributed by atoms with Gasteiger partial charge in [-0.1, -0.05) is 58.0 Å². The molecule has 31 heavy (non-hydrogen) atoms. The van der Waals surface area contributed by atoms with E-state index in [1.54, 1.807) is 6.07 Å². The lowest BCUT2D eigenvalue weighted by Crippen LogP contribution is -2.06. The number of hydrogen-bond donors (Lipinski definition) is 0. The molecule has 0 fully saturated rings. The number of rotatable bonds is 3. The molecular formula is C18H5Cl5F4N2OS. The summed E-state index contributed by atoms with van der Waals surface area (Å²) in [5, 5.41) is 7.56. The number of nitrogens with zero attached hydrogens (tertiary/aromatic N) is 2. The SMILES string of the molecule is N#Cc1c(S(=O)c2ccc(F)c(Cl)c2Cl)cn(-c2c(Cl)cc(C(F)(F)F)cc2Cl)c1Cl. The van der Waals surface area contributed by atoms with Crippen LogP contribution < -0.4 is 0 Å². The summed E-state index contributed by atoms with van der Waals surface area (Å²) in [6.45, 7) is 0. The topological polar surface area (TPSA) is 45.8 Å². The first-order chi connectivity index (χ1) is 14.4. The number of nitriles is 1. The Balaban J connectivity index is 2.21. The van der Waals surface area contributed by atoms with Crippen LogP contribution in [0.1, 0.15) is 11.1 Å². The lowest BCUT2D eigenvalue weighted by atomic mass is 10.2. The molecule has 1 aromatic heterocycles. The smallest absolute Gasteiger partial charge is 0.302 e. The molecule has 0 N–H and O–H groups in total. The monoisotopic (exact) mass is 548 g/mol. The molecule has 3 rings (SSSR count). The van der Waals surface area contributed by atoms with Crippen molar-refractivity contribution in [2.24, 2.45) is 0 Å². The Morgan fingerprint density at radius 1 is 0.968 bits per heavy atom. The number of alkyl halides is 3. The van der Waals surface area contributed by atoms with Gasteiger partial charge in [-0.25, -0.2) is 8.60 Å². The van der Waals surface area contributed by atoms with Crippen LogP contribution in [0.4, 0.5) is 17.6 Å². The molecule has 0 spiro atoms. The zero-order valence-electron chi connectivity index (χ0n) is 14.5. The number of halogens is 9. The van der Waals surface area contributed by atoms with Crippen LogP contribution in [0.25, 0.3) is 5.69 Å². The van der Waals surface area contributed by atoms with E-state index in [4.69, 9.17) is 58.0 Å². The second kappa shape index (κ2) is 8.81. The molecule has 1 unspecified atom stereocenters. The van der Waals surface area contributed by atoms with Crippen molar-refractivity contribution < 1.29 is 21.8 Å². The van der Waals surface area contributed by atoms with Gasteiger partial charge in [0.2, 0.25) is 0 Å². The Kier molecular flexibility index (Phi) is 6.87. The molecule has 13 heteroatoms. The summed E-state index contributed by atoms with van der Waals surface area (Å²) in [5.74, 6) is -0.841. The zero-order chi connectivity index (χ0) is 23.2. The van der Waals surface area contributed by atoms with E-state index in [2.05, 4.69) is 0 Å². The van der Waals surface area contributed by atoms with Crippen LogP contribution in [0.5, 0.6) is 0 Å². The van der Waals surface area contributed by atoms with E-state index in [1.165, 1.54) is 0 Å². The first-order valence-electron chi connectivity index (χ1n) is 7.81. The molecule has 0 radical (unpaired) electrons. The van der Waals surface area contributed by atoms with Crippen LogP contribution >= 0.6 is 58.0 Å². The van der Waals surface area contributed by atoms with E-state index in [0.29, 0.717) is 12.1 Å². The summed E-state index contributed by atoms with van der Waals surface area (Å²) in [4.78, 5) is -0.271. The van der Waals surface area contributed by atoms with Crippen LogP contribution in [-0.2, 0) is 17.0 Å². The normalized spacial score (nSPS) is 12.6. The third-order valence-electron chi connectivity index (χ3n) is 4.01. The summed E-state index contributed by atoms with van der Waals surface area (Å²) in [5.41, 5.74) is -1.53. The van der Waals surface area contributed by atoms with Crippen molar-refractivity contribution in [2.45, 2.75) is 16.0 Å². The summed E-state index contributed by atoms with van der Waals surface area (Å²) < 4.78 is 66.6. The van der Waals surface area contributed by atoms with Gasteiger partial charge < -0.3 is 4.57 Å². The van der Waals surface area contributed by atoms with Crippen LogP contribution in [0.15, 0.2) is 40.3 Å². The van der Waals surface area contributed by atoms with Crippen molar-refractivity contribution in [3.63, 3.8) is 0 Å². The summed E-state index contributed by atoms with van der Waals surface area (Å²) in [6, 6.07) is 5.09. The van der Waals surface area contributed by atoms with Crippen molar-refractivity contribution >= 4 is 68.8 Å². The van der Waals surface area contributed by atoms with Crippen molar-refractivity contribution in [2.75, 3.05) is 0 Å². The largest absolute Gasteiger partial charge is 0.416 e. The summed E-state index contributed by atoms with van der Waals surface area (Å²) >= 11 is 30.0. The number of benzene rings is 2. The van der Waals surface area contributed by atoms with Crippen LogP contribution in [-0.4, -0.2) is 8.78 Å². The van der Waals surface area contributed by atoms with Gasteiger partial charge in [0.15, 0.2) is 0 Å². The highest BCUT2D eigenvalue weighted by Gasteiger charge is 2.33. The van der Waals surface area contributed by atoms with Gasteiger partial charge in [-0.05, 0) is 24.3 Å². The molecule has 0 aliphatic heterocycles. The molecule has 3 nitrogen and oxygen atoms in total. The maximum absolute atomic E-state index is 13.6. The Hall–Kier alpha value is -1.47. The second-order valence-corrected chi connectivity index (χ2v) is 9.21. The van der Waals surface area contributed by atoms with Gasteiger partial charge in [0.25, 0.3) is 0 Å². The van der Waals surface area contributed by atoms with Gasteiger partial charge in [0.05, 0.1) is 51.9 Å². The maximum atomic E-state index is 13.6. The minimum absolute atomic E-state index is 0.108. The average molecular weight is 551 g/mol. The predicted molar refractivity (Wildman–Crippen MR) is 112 cm³/mol. The molecule has 0 saturated carbocycles. The fourth-order valence-corrected chi connectivity index (χ4v) is 5.40. The van der Waals surface area contributed by atoms with E-state index in [1.807, 2.05) is 0 Å². The lowest BCUT2D eigenvalue weighted by molar-refractivity contribution is -0.137. The van der Waals surface area contributed by atoms with E-state index in [0.717, 1.165) is 22.9 Å². The Morgan fingerprint density at radius 3 is 2.06 bits per heavy atom. The third kappa shape index (κ3) is 4.40. The summed E-state index contributed by atoms with van der Waals surface area (Å²) in [7, 11) is -2.16. The number of aromatic nitrogens is 1. The molecule has 2 aromatic carbocycles. The number of hydrogen-bond acceptors (Lipinski definition) is 2. The van der Waals surface area contributed by atoms with Gasteiger partial charge >= 0.3 is 6.18 Å². The fraction of sp³-hybridized carbons (Fsp3) is 0.0556. The van der Waals surface area contributed by atoms with Gasteiger partial charge in [-0.15, -0.1) is 0 Å². The van der Waals surface area contributed by atoms with Crippen LogP contribution in [0.2, 0.25) is 25.2 Å². The lowest BCUT2D eigenvalue weighted by Gasteiger charge is -2.13. The molecule has 0 bridgehead atoms. The van der Waals surface area contributed by atoms with Gasteiger partial charge in [0, 0.05) is 6.20 Å². The fourth-order valence-electron chi connectivity index (χ4n) is 2.59. The van der Waals surface area contributed by atoms with Crippen LogP contribution in [0.3, 0.4) is 0 Å². The standard InChI is InChI=1S/C18H5Cl5F4N2OS/c19-9-3-7(18(25,26)27)4-10(20)16(9)29-6-13(8(5-28)17(29)23)31(30)12-2-1-11(24)14(21)15(12)22/h1-4,6H. The first kappa shape index (κ1) is 24.2. The molecule has 1 atom stereocenters. The van der Waals surface area contributed by atoms with Crippen molar-refractivity contribution in [1.82, 2.24) is 4.57 Å². The Bertz CT molecular complexity index is 1260. The highest BCUT2D eigenvalue weighted by Crippen LogP contribution is 2.41. The van der Waals surface area contributed by atoms with Gasteiger partial charge in [0.1, 0.15) is 22.6 Å². The molecule has 0 aliphatic carbocycles. The average Bonchev–Trinajstić information content (AvgIpc) is 3.00. The highest BCUT2D eigenvalue weighted by molar-refractivity contribution is 7.85. The van der Waals surface area contributed by atoms with E-state index in [9.17, 15) is 27.0 Å². The highest BCUT2D eigenvalue weighted by atomic mass is 35.5. The van der Waals surface area contributed by atoms with Crippen molar-refractivity contribution in [3.05, 3.63) is 72.7 Å². The van der Waals surface area contributed by atoms with Gasteiger partial charge in [-0.2, -0.15) is 18.4 Å². The van der Waals surface area contributed by atoms with Gasteiger partial charge in [-0.3, -0.25) is 0 Å². The Labute approximate surface area is 200 Å². The predicted octanol–water partition coefficient (Wildman–Crippen LogP) is 7.94. The van der Waals surface area contributed by atoms with Crippen LogP contribution in [0, 0.1) is 17.1 Å². The summed E-state index contributed by atoms with van der Waals surface area (Å²) in [6.07, 6.45) is -3.58. The molecule has 1 heterocycles. The molecule has 0 saturated heterocycles. The maximum Gasteiger partial charge on any atom is 0.416 e. The molecule has 0 amide bonds. The zero-order valence-corrected chi connectivity index (χ0v) is 19.1. The molecule has 0 aliphatic rings. The Morgan fingerprint density at radius 2 is 1.55 bits per heavy atom. The van der Waals surface area contributed by atoms with E-state index in [-0.39, 0.29) is 31.2 Å². The van der Waals surface area contributed by atoms with E-state index >= 15 is 0 Å². The minimum atomic E-state index is -4.70. The van der Waals surface area contributed by atoms with Crippen molar-refractivity contribution in [3.8, 4) is 11.8 Å². The van der Waals surface area contributed by atoms with Crippen molar-refractivity contribution in [1.29, 1.82) is 5.26 Å². The quantitative estimate of drug-likeness (QED) is 0.246. The minimum Gasteiger partial charge on any atom is -0.302 e. The van der Waals surface area contributed by atoms with E-state index < -0.39 is 43.4 Å². The molecule has 3 aromatic rings. The molecular weight excluding hydrogens is 546 g/mol. The second-order valence-electron chi connectivity index (χ2n) is 5.87. The third-order valence-corrected chi connectivity index (χ3v) is 7.37. The first-order valence-corrected chi connectivity index (χ1v) is 10.8.